The lowest BCUT2D eigenvalue weighted by atomic mass is 10.0. The van der Waals surface area contributed by atoms with Gasteiger partial charge in [-0.1, -0.05) is 54.6 Å². The second-order valence-corrected chi connectivity index (χ2v) is 8.32. The number of benzene rings is 2. The van der Waals surface area contributed by atoms with Crippen molar-refractivity contribution in [2.75, 3.05) is 31.1 Å². The monoisotopic (exact) mass is 460 g/mol. The summed E-state index contributed by atoms with van der Waals surface area (Å²) in [5, 5.41) is 1.03. The van der Waals surface area contributed by atoms with Crippen LogP contribution in [0.2, 0.25) is 0 Å². The van der Waals surface area contributed by atoms with Gasteiger partial charge >= 0.3 is 0 Å². The van der Waals surface area contributed by atoms with Gasteiger partial charge in [0.2, 0.25) is 0 Å². The highest BCUT2D eigenvalue weighted by atomic mass is 35.5. The number of carbonyl (C=O) groups excluding carboxylic acids is 1. The molecule has 0 radical (unpaired) electrons. The van der Waals surface area contributed by atoms with Crippen LogP contribution >= 0.6 is 12.4 Å². The van der Waals surface area contributed by atoms with E-state index in [-0.39, 0.29) is 18.3 Å². The zero-order chi connectivity index (χ0) is 22.1. The molecule has 1 aliphatic rings. The molecule has 0 bridgehead atoms. The molecule has 170 valence electrons. The Labute approximate surface area is 201 Å². The third kappa shape index (κ3) is 4.21. The van der Waals surface area contributed by atoms with Crippen molar-refractivity contribution in [1.29, 1.82) is 0 Å². The lowest BCUT2D eigenvalue weighted by molar-refractivity contribution is 0.0749. The molecule has 1 fully saturated rings. The molecule has 0 unspecified atom stereocenters. The highest BCUT2D eigenvalue weighted by molar-refractivity contribution is 6.12. The first-order chi connectivity index (χ1) is 15.7. The van der Waals surface area contributed by atoms with Gasteiger partial charge in [-0.15, -0.1) is 12.4 Å². The maximum absolute atomic E-state index is 13.9. The van der Waals surface area contributed by atoms with Crippen LogP contribution in [0, 0.1) is 6.92 Å². The minimum Gasteiger partial charge on any atom is -0.353 e. The Morgan fingerprint density at radius 1 is 0.909 bits per heavy atom. The molecule has 1 aliphatic heterocycles. The van der Waals surface area contributed by atoms with Crippen molar-refractivity contribution in [3.63, 3.8) is 0 Å². The van der Waals surface area contributed by atoms with Gasteiger partial charge in [0.05, 0.1) is 11.3 Å². The van der Waals surface area contributed by atoms with E-state index in [0.717, 1.165) is 58.7 Å². The van der Waals surface area contributed by atoms with E-state index in [1.165, 1.54) is 0 Å². The number of anilines is 1. The summed E-state index contributed by atoms with van der Waals surface area (Å²) >= 11 is 0. The van der Waals surface area contributed by atoms with E-state index in [2.05, 4.69) is 57.8 Å². The van der Waals surface area contributed by atoms with Gasteiger partial charge in [-0.3, -0.25) is 4.79 Å². The Morgan fingerprint density at radius 2 is 1.61 bits per heavy atom. The van der Waals surface area contributed by atoms with Crippen molar-refractivity contribution in [3.8, 4) is 11.3 Å². The van der Waals surface area contributed by atoms with E-state index >= 15 is 0 Å². The van der Waals surface area contributed by atoms with Gasteiger partial charge in [0.1, 0.15) is 5.82 Å². The summed E-state index contributed by atoms with van der Waals surface area (Å²) in [6, 6.07) is 22.7. The molecule has 6 heteroatoms. The maximum Gasteiger partial charge on any atom is 0.256 e. The Balaban J connectivity index is 0.00000259. The first-order valence-electron chi connectivity index (χ1n) is 11.3. The number of amides is 1. The van der Waals surface area contributed by atoms with Crippen LogP contribution < -0.4 is 4.90 Å². The quantitative estimate of drug-likeness (QED) is 0.408. The van der Waals surface area contributed by atoms with Crippen molar-refractivity contribution < 1.29 is 4.79 Å². The van der Waals surface area contributed by atoms with E-state index in [4.69, 9.17) is 0 Å². The van der Waals surface area contributed by atoms with Gasteiger partial charge in [0.25, 0.3) is 5.91 Å². The van der Waals surface area contributed by atoms with Gasteiger partial charge in [-0.25, -0.2) is 4.98 Å². The molecule has 0 aliphatic carbocycles. The van der Waals surface area contributed by atoms with Crippen molar-refractivity contribution in [1.82, 2.24) is 14.5 Å². The fourth-order valence-electron chi connectivity index (χ4n) is 4.69. The number of aromatic nitrogens is 2. The standard InChI is InChI=1S/C27H28N4O.ClH/c1-3-31-23-12-8-7-11-22(23)25(26(31)21-9-5-4-6-10-21)27(32)30-17-15-29(16-18-30)24-14-13-20(2)19-28-24;/h4-14,19H,3,15-18H2,1-2H3;1H. The molecule has 0 N–H and O–H groups in total. The third-order valence-corrected chi connectivity index (χ3v) is 6.33. The van der Waals surface area contributed by atoms with Crippen LogP contribution in [0.25, 0.3) is 22.2 Å². The Morgan fingerprint density at radius 3 is 2.27 bits per heavy atom. The Hall–Kier alpha value is -3.31. The van der Waals surface area contributed by atoms with Gasteiger partial charge in [-0.05, 0) is 37.1 Å². The number of pyridine rings is 1. The summed E-state index contributed by atoms with van der Waals surface area (Å²) in [5.41, 5.74) is 5.18. The number of aryl methyl sites for hydroxylation is 2. The molecule has 33 heavy (non-hydrogen) atoms. The molecule has 2 aromatic carbocycles. The van der Waals surface area contributed by atoms with Crippen LogP contribution in [0.15, 0.2) is 72.9 Å². The molecule has 5 rings (SSSR count). The molecule has 0 spiro atoms. The highest BCUT2D eigenvalue weighted by Crippen LogP contribution is 2.35. The molecule has 4 aromatic rings. The van der Waals surface area contributed by atoms with Crippen molar-refractivity contribution in [2.24, 2.45) is 0 Å². The third-order valence-electron chi connectivity index (χ3n) is 6.33. The van der Waals surface area contributed by atoms with Crippen molar-refractivity contribution in [2.45, 2.75) is 20.4 Å². The Bertz CT molecular complexity index is 1240. The number of halogens is 1. The van der Waals surface area contributed by atoms with E-state index in [1.54, 1.807) is 0 Å². The van der Waals surface area contributed by atoms with Gasteiger partial charge in [-0.2, -0.15) is 0 Å². The number of rotatable bonds is 4. The van der Waals surface area contributed by atoms with Crippen molar-refractivity contribution in [3.05, 3.63) is 84.1 Å². The smallest absolute Gasteiger partial charge is 0.256 e. The number of hydrogen-bond acceptors (Lipinski definition) is 3. The maximum atomic E-state index is 13.9. The zero-order valence-corrected chi connectivity index (χ0v) is 19.9. The van der Waals surface area contributed by atoms with Crippen LogP contribution in [0.3, 0.4) is 0 Å². The molecule has 2 aromatic heterocycles. The molecular formula is C27H29ClN4O. The Kier molecular flexibility index (Phi) is 6.70. The predicted molar refractivity (Wildman–Crippen MR) is 137 cm³/mol. The highest BCUT2D eigenvalue weighted by Gasteiger charge is 2.29. The first kappa shape index (κ1) is 22.9. The topological polar surface area (TPSA) is 41.4 Å². The largest absolute Gasteiger partial charge is 0.353 e. The van der Waals surface area contributed by atoms with E-state index in [0.29, 0.717) is 13.1 Å². The molecule has 1 amide bonds. The number of hydrogen-bond donors (Lipinski definition) is 0. The summed E-state index contributed by atoms with van der Waals surface area (Å²) in [5.74, 6) is 1.10. The summed E-state index contributed by atoms with van der Waals surface area (Å²) in [6.45, 7) is 7.95. The number of carbonyl (C=O) groups is 1. The lowest BCUT2D eigenvalue weighted by Crippen LogP contribution is -2.49. The summed E-state index contributed by atoms with van der Waals surface area (Å²) < 4.78 is 2.27. The molecular weight excluding hydrogens is 432 g/mol. The molecule has 0 atom stereocenters. The van der Waals surface area contributed by atoms with Crippen LogP contribution in [0.5, 0.6) is 0 Å². The summed E-state index contributed by atoms with van der Waals surface area (Å²) in [7, 11) is 0. The number of para-hydroxylation sites is 1. The van der Waals surface area contributed by atoms with Crippen LogP contribution in [0.1, 0.15) is 22.8 Å². The number of fused-ring (bicyclic) bond motifs is 1. The predicted octanol–water partition coefficient (Wildman–Crippen LogP) is 5.42. The van der Waals surface area contributed by atoms with Crippen LogP contribution in [0.4, 0.5) is 5.82 Å². The zero-order valence-electron chi connectivity index (χ0n) is 19.1. The minimum atomic E-state index is 0. The fraction of sp³-hybridized carbons (Fsp3) is 0.259. The molecule has 1 saturated heterocycles. The number of piperazine rings is 1. The molecule has 5 nitrogen and oxygen atoms in total. The van der Waals surface area contributed by atoms with Gasteiger partial charge in [0, 0.05) is 49.8 Å². The second-order valence-electron chi connectivity index (χ2n) is 8.32. The van der Waals surface area contributed by atoms with E-state index < -0.39 is 0 Å². The van der Waals surface area contributed by atoms with Crippen LogP contribution in [-0.4, -0.2) is 46.5 Å². The first-order valence-corrected chi connectivity index (χ1v) is 11.3. The second kappa shape index (κ2) is 9.67. The van der Waals surface area contributed by atoms with Gasteiger partial charge < -0.3 is 14.4 Å². The average Bonchev–Trinajstić information content (AvgIpc) is 3.19. The number of nitrogens with zero attached hydrogens (tertiary/aromatic N) is 4. The SMILES string of the molecule is CCn1c(-c2ccccc2)c(C(=O)N2CCN(c3ccc(C)cn3)CC2)c2ccccc21.Cl. The van der Waals surface area contributed by atoms with Gasteiger partial charge in [0.15, 0.2) is 0 Å². The molecule has 3 heterocycles. The van der Waals surface area contributed by atoms with Crippen molar-refractivity contribution >= 4 is 35.0 Å². The average molecular weight is 461 g/mol. The minimum absolute atomic E-state index is 0. The summed E-state index contributed by atoms with van der Waals surface area (Å²) in [4.78, 5) is 22.7. The van der Waals surface area contributed by atoms with Crippen LogP contribution in [-0.2, 0) is 6.54 Å². The lowest BCUT2D eigenvalue weighted by Gasteiger charge is -2.35. The molecule has 0 saturated carbocycles. The fourth-order valence-corrected chi connectivity index (χ4v) is 4.69. The summed E-state index contributed by atoms with van der Waals surface area (Å²) in [6.07, 6.45) is 1.90. The normalized spacial score (nSPS) is 13.8. The van der Waals surface area contributed by atoms with E-state index in [1.807, 2.05) is 48.4 Å². The van der Waals surface area contributed by atoms with E-state index in [9.17, 15) is 4.79 Å².